The molecule has 8 nitrogen and oxygen atoms in total. The van der Waals surface area contributed by atoms with Crippen molar-refractivity contribution in [1.82, 2.24) is 10.3 Å². The number of methoxy groups -OCH3 is 1. The van der Waals surface area contributed by atoms with Gasteiger partial charge in [0.05, 0.1) is 11.7 Å². The van der Waals surface area contributed by atoms with Crippen LogP contribution in [0.2, 0.25) is 0 Å². The van der Waals surface area contributed by atoms with E-state index in [1.165, 1.54) is 6.20 Å². The van der Waals surface area contributed by atoms with Gasteiger partial charge in [-0.2, -0.15) is 5.26 Å². The van der Waals surface area contributed by atoms with E-state index in [4.69, 9.17) is 14.7 Å². The second kappa shape index (κ2) is 9.85. The molecule has 1 aliphatic carbocycles. The molecule has 1 aliphatic rings. The van der Waals surface area contributed by atoms with Gasteiger partial charge in [0.1, 0.15) is 11.8 Å². The molecular weight excluding hydrogens is 384 g/mol. The summed E-state index contributed by atoms with van der Waals surface area (Å²) in [7, 11) is 1.68. The van der Waals surface area contributed by atoms with Crippen molar-refractivity contribution in [3.05, 3.63) is 47.7 Å². The number of anilines is 1. The molecule has 3 amide bonds. The Kier molecular flexibility index (Phi) is 6.99. The fourth-order valence-electron chi connectivity index (χ4n) is 3.40. The molecule has 3 rings (SSSR count). The molecule has 0 bridgehead atoms. The molecule has 0 spiro atoms. The van der Waals surface area contributed by atoms with E-state index < -0.39 is 6.03 Å². The average molecular weight is 408 g/mol. The van der Waals surface area contributed by atoms with Crippen LogP contribution < -0.4 is 15.4 Å². The van der Waals surface area contributed by atoms with Gasteiger partial charge in [-0.15, -0.1) is 0 Å². The number of urea groups is 1. The van der Waals surface area contributed by atoms with Crippen molar-refractivity contribution < 1.29 is 19.1 Å². The maximum atomic E-state index is 12.3. The number of imide groups is 1. The normalized spacial score (nSPS) is 18.2. The Labute approximate surface area is 175 Å². The molecule has 1 aromatic heterocycles. The molecule has 1 aromatic carbocycles. The zero-order valence-corrected chi connectivity index (χ0v) is 17.0. The van der Waals surface area contributed by atoms with Crippen LogP contribution in [0.1, 0.15) is 36.8 Å². The summed E-state index contributed by atoms with van der Waals surface area (Å²) < 4.78 is 11.0. The number of benzene rings is 1. The van der Waals surface area contributed by atoms with Gasteiger partial charge in [0, 0.05) is 31.0 Å². The molecular formula is C22H24N4O4. The highest BCUT2D eigenvalue weighted by Gasteiger charge is 2.27. The van der Waals surface area contributed by atoms with Gasteiger partial charge in [-0.05, 0) is 62.4 Å². The van der Waals surface area contributed by atoms with Crippen molar-refractivity contribution >= 4 is 17.6 Å². The maximum Gasteiger partial charge on any atom is 0.325 e. The number of nitrogens with zero attached hydrogens (tertiary/aromatic N) is 2. The highest BCUT2D eigenvalue weighted by Crippen LogP contribution is 2.27. The van der Waals surface area contributed by atoms with Crippen LogP contribution in [-0.4, -0.2) is 30.1 Å². The SMILES string of the molecule is COC1CCC(C(=O)NC(=O)Nc2ccc(Oc3ccc(C#N)cn3)c(C)c2)CC1. The van der Waals surface area contributed by atoms with E-state index >= 15 is 0 Å². The van der Waals surface area contributed by atoms with Crippen molar-refractivity contribution in [3.8, 4) is 17.7 Å². The molecule has 2 N–H and O–H groups in total. The predicted octanol–water partition coefficient (Wildman–Crippen LogP) is 3.91. The van der Waals surface area contributed by atoms with Crippen LogP contribution >= 0.6 is 0 Å². The molecule has 1 saturated carbocycles. The van der Waals surface area contributed by atoms with E-state index in [-0.39, 0.29) is 17.9 Å². The molecule has 0 aliphatic heterocycles. The number of nitriles is 1. The van der Waals surface area contributed by atoms with Crippen molar-refractivity contribution in [3.63, 3.8) is 0 Å². The van der Waals surface area contributed by atoms with Crippen molar-refractivity contribution in [2.24, 2.45) is 5.92 Å². The van der Waals surface area contributed by atoms with E-state index in [2.05, 4.69) is 15.6 Å². The van der Waals surface area contributed by atoms with Crippen LogP contribution in [0.5, 0.6) is 11.6 Å². The molecule has 0 atom stereocenters. The van der Waals surface area contributed by atoms with E-state index in [9.17, 15) is 9.59 Å². The monoisotopic (exact) mass is 408 g/mol. The molecule has 0 saturated heterocycles. The smallest absolute Gasteiger partial charge is 0.325 e. The largest absolute Gasteiger partial charge is 0.439 e. The van der Waals surface area contributed by atoms with Crippen molar-refractivity contribution in [1.29, 1.82) is 5.26 Å². The second-order valence-corrected chi connectivity index (χ2v) is 7.23. The third-order valence-electron chi connectivity index (χ3n) is 5.13. The number of nitrogens with one attached hydrogen (secondary N) is 2. The number of ether oxygens (including phenoxy) is 2. The molecule has 2 aromatic rings. The topological polar surface area (TPSA) is 113 Å². The first-order valence-corrected chi connectivity index (χ1v) is 9.77. The fraction of sp³-hybridized carbons (Fsp3) is 0.364. The van der Waals surface area contributed by atoms with Gasteiger partial charge in [-0.1, -0.05) is 0 Å². The number of hydrogen-bond acceptors (Lipinski definition) is 6. The van der Waals surface area contributed by atoms with Crippen LogP contribution in [0.25, 0.3) is 0 Å². The molecule has 8 heteroatoms. The summed E-state index contributed by atoms with van der Waals surface area (Å²) in [6.07, 6.45) is 4.71. The first-order chi connectivity index (χ1) is 14.5. The Bertz CT molecular complexity index is 945. The third-order valence-corrected chi connectivity index (χ3v) is 5.13. The van der Waals surface area contributed by atoms with Gasteiger partial charge in [-0.3, -0.25) is 10.1 Å². The van der Waals surface area contributed by atoms with Crippen molar-refractivity contribution in [2.45, 2.75) is 38.7 Å². The number of carbonyl (C=O) groups excluding carboxylic acids is 2. The number of hydrogen-bond donors (Lipinski definition) is 2. The standard InChI is InChI=1S/C22H24N4O4/c1-14-11-17(6-9-19(14)30-20-10-3-15(12-23)13-24-20)25-22(28)26-21(27)16-4-7-18(29-2)8-5-16/h3,6,9-11,13,16,18H,4-5,7-8H2,1-2H3,(H2,25,26,27,28). The molecule has 0 unspecified atom stereocenters. The molecule has 156 valence electrons. The summed E-state index contributed by atoms with van der Waals surface area (Å²) in [6.45, 7) is 1.83. The summed E-state index contributed by atoms with van der Waals surface area (Å²) in [6, 6.07) is 9.81. The van der Waals surface area contributed by atoms with Gasteiger partial charge in [-0.25, -0.2) is 9.78 Å². The zero-order chi connectivity index (χ0) is 21.5. The maximum absolute atomic E-state index is 12.3. The second-order valence-electron chi connectivity index (χ2n) is 7.23. The van der Waals surface area contributed by atoms with Gasteiger partial charge >= 0.3 is 6.03 Å². The lowest BCUT2D eigenvalue weighted by molar-refractivity contribution is -0.125. The fourth-order valence-corrected chi connectivity index (χ4v) is 3.40. The Hall–Kier alpha value is -3.44. The van der Waals surface area contributed by atoms with E-state index in [1.807, 2.05) is 13.0 Å². The van der Waals surface area contributed by atoms with Gasteiger partial charge in [0.15, 0.2) is 0 Å². The van der Waals surface area contributed by atoms with Gasteiger partial charge in [0.2, 0.25) is 11.8 Å². The predicted molar refractivity (Wildman–Crippen MR) is 110 cm³/mol. The third kappa shape index (κ3) is 5.55. The van der Waals surface area contributed by atoms with E-state index in [1.54, 1.807) is 37.4 Å². The van der Waals surface area contributed by atoms with Crippen LogP contribution in [0.4, 0.5) is 10.5 Å². The Balaban J connectivity index is 1.54. The summed E-state index contributed by atoms with van der Waals surface area (Å²) in [4.78, 5) is 28.6. The molecule has 30 heavy (non-hydrogen) atoms. The van der Waals surface area contributed by atoms with Crippen molar-refractivity contribution in [2.75, 3.05) is 12.4 Å². The Morgan fingerprint density at radius 2 is 1.93 bits per heavy atom. The minimum atomic E-state index is -0.560. The highest BCUT2D eigenvalue weighted by atomic mass is 16.5. The summed E-state index contributed by atoms with van der Waals surface area (Å²) in [5.74, 6) is 0.513. The number of rotatable bonds is 5. The first-order valence-electron chi connectivity index (χ1n) is 9.77. The quantitative estimate of drug-likeness (QED) is 0.775. The minimum Gasteiger partial charge on any atom is -0.439 e. The highest BCUT2D eigenvalue weighted by molar-refractivity contribution is 6.01. The molecule has 1 fully saturated rings. The Morgan fingerprint density at radius 1 is 1.17 bits per heavy atom. The summed E-state index contributed by atoms with van der Waals surface area (Å²) in [5.41, 5.74) is 1.77. The van der Waals surface area contributed by atoms with Crippen LogP contribution in [-0.2, 0) is 9.53 Å². The summed E-state index contributed by atoms with van der Waals surface area (Å²) >= 11 is 0. The minimum absolute atomic E-state index is 0.167. The number of aryl methyl sites for hydroxylation is 1. The van der Waals surface area contributed by atoms with Gasteiger partial charge in [0.25, 0.3) is 0 Å². The first kappa shape index (κ1) is 21.3. The number of carbonyl (C=O) groups is 2. The zero-order valence-electron chi connectivity index (χ0n) is 17.0. The lowest BCUT2D eigenvalue weighted by atomic mass is 9.87. The van der Waals surface area contributed by atoms with Crippen LogP contribution in [0.15, 0.2) is 36.5 Å². The molecule has 1 heterocycles. The molecule has 0 radical (unpaired) electrons. The number of amides is 3. The average Bonchev–Trinajstić information content (AvgIpc) is 2.76. The summed E-state index contributed by atoms with van der Waals surface area (Å²) in [5, 5.41) is 13.9. The number of aromatic nitrogens is 1. The Morgan fingerprint density at radius 3 is 2.53 bits per heavy atom. The number of pyridine rings is 1. The van der Waals surface area contributed by atoms with Crippen LogP contribution in [0.3, 0.4) is 0 Å². The van der Waals surface area contributed by atoms with E-state index in [0.29, 0.717) is 35.7 Å². The lowest BCUT2D eigenvalue weighted by Gasteiger charge is -2.26. The van der Waals surface area contributed by atoms with E-state index in [0.717, 1.165) is 18.4 Å². The van der Waals surface area contributed by atoms with Gasteiger partial charge < -0.3 is 14.8 Å². The lowest BCUT2D eigenvalue weighted by Crippen LogP contribution is -2.40. The van der Waals surface area contributed by atoms with Crippen LogP contribution in [0, 0.1) is 24.2 Å².